The van der Waals surface area contributed by atoms with Crippen molar-refractivity contribution in [2.75, 3.05) is 13.2 Å². The Hall–Kier alpha value is -1.14. The number of carbonyl (C=O) groups excluding carboxylic acids is 1. The molecule has 0 radical (unpaired) electrons. The Morgan fingerprint density at radius 3 is 2.93 bits per heavy atom. The van der Waals surface area contributed by atoms with Gasteiger partial charge in [-0.1, -0.05) is 5.16 Å². The molecule has 15 heavy (non-hydrogen) atoms. The molecule has 3 atom stereocenters. The van der Waals surface area contributed by atoms with Gasteiger partial charge in [-0.2, -0.15) is 0 Å². The summed E-state index contributed by atoms with van der Waals surface area (Å²) in [5.74, 6) is -0.486. The highest BCUT2D eigenvalue weighted by Gasteiger charge is 2.56. The zero-order valence-corrected chi connectivity index (χ0v) is 8.63. The van der Waals surface area contributed by atoms with Crippen molar-refractivity contribution in [1.82, 2.24) is 0 Å². The minimum atomic E-state index is -0.502. The molecule has 0 bridgehead atoms. The molecule has 2 rings (SSSR count). The number of hydrogen-bond acceptors (Lipinski definition) is 6. The number of epoxide rings is 1. The number of esters is 1. The van der Waals surface area contributed by atoms with Crippen molar-refractivity contribution >= 4 is 11.7 Å². The van der Waals surface area contributed by atoms with E-state index >= 15 is 0 Å². The molecule has 2 aliphatic heterocycles. The van der Waals surface area contributed by atoms with Crippen LogP contribution in [0.15, 0.2) is 5.16 Å². The molecule has 6 nitrogen and oxygen atoms in total. The van der Waals surface area contributed by atoms with Gasteiger partial charge in [0.15, 0.2) is 11.8 Å². The maximum atomic E-state index is 11.3. The molecule has 1 fully saturated rings. The van der Waals surface area contributed by atoms with Gasteiger partial charge in [0.2, 0.25) is 0 Å². The summed E-state index contributed by atoms with van der Waals surface area (Å²) in [6.45, 7) is 4.41. The average molecular weight is 215 g/mol. The van der Waals surface area contributed by atoms with Crippen LogP contribution in [0.1, 0.15) is 13.8 Å². The molecule has 0 N–H and O–H groups in total. The van der Waals surface area contributed by atoms with Crippen LogP contribution in [-0.4, -0.2) is 43.4 Å². The highest BCUT2D eigenvalue weighted by atomic mass is 16.8. The first-order valence-electron chi connectivity index (χ1n) is 4.95. The van der Waals surface area contributed by atoms with Gasteiger partial charge in [0.25, 0.3) is 6.29 Å². The van der Waals surface area contributed by atoms with Crippen molar-refractivity contribution in [3.05, 3.63) is 0 Å². The summed E-state index contributed by atoms with van der Waals surface area (Å²) in [5, 5.41) is 3.66. The molecule has 0 aromatic rings. The monoisotopic (exact) mass is 215 g/mol. The van der Waals surface area contributed by atoms with E-state index in [1.807, 2.05) is 6.92 Å². The SMILES string of the molecule is CCOC(=O)C1=NO[C@H](OCC)[C@H]2O[C@@H]12. The number of nitrogens with zero attached hydrogens (tertiary/aromatic N) is 1. The van der Waals surface area contributed by atoms with Crippen molar-refractivity contribution in [2.24, 2.45) is 5.16 Å². The third-order valence-corrected chi connectivity index (χ3v) is 2.13. The van der Waals surface area contributed by atoms with E-state index in [4.69, 9.17) is 19.0 Å². The van der Waals surface area contributed by atoms with Gasteiger partial charge in [-0.05, 0) is 13.8 Å². The van der Waals surface area contributed by atoms with Crippen molar-refractivity contribution in [2.45, 2.75) is 32.3 Å². The van der Waals surface area contributed by atoms with E-state index < -0.39 is 12.3 Å². The van der Waals surface area contributed by atoms with Crippen LogP contribution in [0.2, 0.25) is 0 Å². The zero-order chi connectivity index (χ0) is 10.8. The van der Waals surface area contributed by atoms with E-state index in [1.165, 1.54) is 0 Å². The molecule has 0 aromatic carbocycles. The minimum Gasteiger partial charge on any atom is -0.461 e. The second-order valence-corrected chi connectivity index (χ2v) is 3.15. The van der Waals surface area contributed by atoms with Crippen molar-refractivity contribution in [1.29, 1.82) is 0 Å². The molecular weight excluding hydrogens is 202 g/mol. The van der Waals surface area contributed by atoms with Gasteiger partial charge < -0.3 is 19.0 Å². The van der Waals surface area contributed by atoms with E-state index in [9.17, 15) is 4.79 Å². The Kier molecular flexibility index (Phi) is 2.88. The highest BCUT2D eigenvalue weighted by molar-refractivity contribution is 6.39. The third kappa shape index (κ3) is 1.95. The lowest BCUT2D eigenvalue weighted by molar-refractivity contribution is -0.154. The smallest absolute Gasteiger partial charge is 0.359 e. The number of ether oxygens (including phenoxy) is 3. The van der Waals surface area contributed by atoms with Gasteiger partial charge in [0.05, 0.1) is 6.61 Å². The molecule has 84 valence electrons. The maximum absolute atomic E-state index is 11.3. The summed E-state index contributed by atoms with van der Waals surface area (Å²) >= 11 is 0. The molecule has 0 aliphatic carbocycles. The van der Waals surface area contributed by atoms with E-state index in [0.29, 0.717) is 13.2 Å². The summed E-state index contributed by atoms with van der Waals surface area (Å²) in [6.07, 6.45) is -1.05. The molecular formula is C9H13NO5. The molecule has 2 aliphatic rings. The Labute approximate surface area is 87.1 Å². The second-order valence-electron chi connectivity index (χ2n) is 3.15. The maximum Gasteiger partial charge on any atom is 0.359 e. The van der Waals surface area contributed by atoms with Crippen molar-refractivity contribution in [3.8, 4) is 0 Å². The first-order chi connectivity index (χ1) is 7.27. The van der Waals surface area contributed by atoms with E-state index in [1.54, 1.807) is 6.92 Å². The second kappa shape index (κ2) is 4.16. The standard InChI is InChI=1S/C9H13NO5/c1-3-12-8(11)5-6-7(14-6)9(13-4-2)15-10-5/h6-7,9H,3-4H2,1-2H3/t6-,7-,9-/m0/s1. The zero-order valence-electron chi connectivity index (χ0n) is 8.63. The fourth-order valence-corrected chi connectivity index (χ4v) is 1.42. The topological polar surface area (TPSA) is 69.7 Å². The number of rotatable bonds is 4. The molecule has 1 saturated heterocycles. The predicted octanol–water partition coefficient (Wildman–Crippen LogP) is 0.0657. The molecule has 2 heterocycles. The summed E-state index contributed by atoms with van der Waals surface area (Å²) in [5.41, 5.74) is 0.192. The fourth-order valence-electron chi connectivity index (χ4n) is 1.42. The summed E-state index contributed by atoms with van der Waals surface area (Å²) in [7, 11) is 0. The first kappa shape index (κ1) is 10.4. The fraction of sp³-hybridized carbons (Fsp3) is 0.778. The van der Waals surface area contributed by atoms with E-state index in [-0.39, 0.29) is 17.9 Å². The normalized spacial score (nSPS) is 32.4. The molecule has 0 amide bonds. The van der Waals surface area contributed by atoms with Crippen LogP contribution in [-0.2, 0) is 23.8 Å². The quantitative estimate of drug-likeness (QED) is 0.490. The molecule has 6 heteroatoms. The van der Waals surface area contributed by atoms with Gasteiger partial charge in [0.1, 0.15) is 6.10 Å². The number of carbonyl (C=O) groups is 1. The van der Waals surface area contributed by atoms with Gasteiger partial charge in [-0.3, -0.25) is 0 Å². The highest BCUT2D eigenvalue weighted by Crippen LogP contribution is 2.33. The lowest BCUT2D eigenvalue weighted by Crippen LogP contribution is -2.34. The molecule has 0 spiro atoms. The van der Waals surface area contributed by atoms with Crippen LogP contribution in [0.4, 0.5) is 0 Å². The van der Waals surface area contributed by atoms with Crippen LogP contribution in [0.3, 0.4) is 0 Å². The first-order valence-corrected chi connectivity index (χ1v) is 4.95. The lowest BCUT2D eigenvalue weighted by atomic mass is 10.2. The van der Waals surface area contributed by atoms with Crippen LogP contribution in [0.5, 0.6) is 0 Å². The molecule has 0 unspecified atom stereocenters. The van der Waals surface area contributed by atoms with Crippen molar-refractivity contribution < 1.29 is 23.8 Å². The number of fused-ring (bicyclic) bond motifs is 1. The third-order valence-electron chi connectivity index (χ3n) is 2.13. The Balaban J connectivity index is 1.97. The van der Waals surface area contributed by atoms with E-state index in [2.05, 4.69) is 5.16 Å². The van der Waals surface area contributed by atoms with Crippen LogP contribution in [0, 0.1) is 0 Å². The largest absolute Gasteiger partial charge is 0.461 e. The Bertz CT molecular complexity index is 290. The lowest BCUT2D eigenvalue weighted by Gasteiger charge is -2.16. The average Bonchev–Trinajstić information content (AvgIpc) is 2.98. The Morgan fingerprint density at radius 2 is 2.27 bits per heavy atom. The molecule has 0 saturated carbocycles. The van der Waals surface area contributed by atoms with Crippen LogP contribution < -0.4 is 0 Å². The number of oxime groups is 1. The Morgan fingerprint density at radius 1 is 1.47 bits per heavy atom. The van der Waals surface area contributed by atoms with Gasteiger partial charge in [-0.25, -0.2) is 4.79 Å². The summed E-state index contributed by atoms with van der Waals surface area (Å²) in [4.78, 5) is 16.3. The molecule has 0 aromatic heterocycles. The van der Waals surface area contributed by atoms with Crippen LogP contribution in [0.25, 0.3) is 0 Å². The predicted molar refractivity (Wildman–Crippen MR) is 49.2 cm³/mol. The van der Waals surface area contributed by atoms with Crippen LogP contribution >= 0.6 is 0 Å². The van der Waals surface area contributed by atoms with Crippen molar-refractivity contribution in [3.63, 3.8) is 0 Å². The summed E-state index contributed by atoms with van der Waals surface area (Å²) in [6, 6.07) is 0. The summed E-state index contributed by atoms with van der Waals surface area (Å²) < 4.78 is 15.3. The van der Waals surface area contributed by atoms with Gasteiger partial charge in [-0.15, -0.1) is 0 Å². The van der Waals surface area contributed by atoms with Gasteiger partial charge in [0, 0.05) is 6.61 Å². The minimum absolute atomic E-state index is 0.192. The van der Waals surface area contributed by atoms with E-state index in [0.717, 1.165) is 0 Å². The van der Waals surface area contributed by atoms with Gasteiger partial charge >= 0.3 is 5.97 Å². The number of hydrogen-bond donors (Lipinski definition) is 0.